The Balaban J connectivity index is 2.34. The Morgan fingerprint density at radius 2 is 1.92 bits per heavy atom. The van der Waals surface area contributed by atoms with Crippen molar-refractivity contribution in [3.63, 3.8) is 0 Å². The number of rotatable bonds is 7. The molecule has 0 saturated carbocycles. The van der Waals surface area contributed by atoms with Gasteiger partial charge in [0.25, 0.3) is 0 Å². The summed E-state index contributed by atoms with van der Waals surface area (Å²) in [5.74, 6) is -0.307. The molecule has 0 heterocycles. The molecule has 0 spiro atoms. The van der Waals surface area contributed by atoms with E-state index in [0.717, 1.165) is 11.1 Å². The van der Waals surface area contributed by atoms with Crippen LogP contribution in [0.4, 0.5) is 0 Å². The smallest absolute Gasteiger partial charge is 0.341 e. The van der Waals surface area contributed by atoms with Gasteiger partial charge in [-0.1, -0.05) is 29.8 Å². The Morgan fingerprint density at radius 1 is 1.20 bits per heavy atom. The van der Waals surface area contributed by atoms with Gasteiger partial charge in [0.2, 0.25) is 0 Å². The van der Waals surface area contributed by atoms with Gasteiger partial charge in [-0.05, 0) is 48.4 Å². The molecule has 0 fully saturated rings. The fraction of sp³-hybridized carbons (Fsp3) is 0.158. The van der Waals surface area contributed by atoms with Gasteiger partial charge in [0.1, 0.15) is 0 Å². The van der Waals surface area contributed by atoms with Crippen LogP contribution in [0.2, 0.25) is 5.02 Å². The van der Waals surface area contributed by atoms with Gasteiger partial charge in [0.05, 0.1) is 18.2 Å². The minimum atomic E-state index is -1.07. The quantitative estimate of drug-likeness (QED) is 0.591. The average molecular weight is 358 g/mol. The third-order valence-electron chi connectivity index (χ3n) is 3.21. The number of carbonyl (C=O) groups is 1. The molecule has 6 heteroatoms. The van der Waals surface area contributed by atoms with Crippen molar-refractivity contribution < 1.29 is 19.4 Å². The number of nitriles is 1. The van der Waals surface area contributed by atoms with Crippen molar-refractivity contribution in [2.75, 3.05) is 13.2 Å². The summed E-state index contributed by atoms with van der Waals surface area (Å²) in [6.07, 6.45) is 1.72. The van der Waals surface area contributed by atoms with Gasteiger partial charge in [-0.3, -0.25) is 0 Å². The van der Waals surface area contributed by atoms with Gasteiger partial charge in [0, 0.05) is 5.02 Å². The lowest BCUT2D eigenvalue weighted by atomic mass is 10.0. The molecule has 0 unspecified atom stereocenters. The van der Waals surface area contributed by atoms with Crippen LogP contribution in [0.25, 0.3) is 11.6 Å². The zero-order chi connectivity index (χ0) is 18.2. The fourth-order valence-corrected chi connectivity index (χ4v) is 2.24. The molecular weight excluding hydrogens is 342 g/mol. The molecule has 0 aliphatic heterocycles. The molecule has 0 bridgehead atoms. The number of nitrogens with zero attached hydrogens (tertiary/aromatic N) is 1. The first-order chi connectivity index (χ1) is 12.0. The molecule has 0 amide bonds. The van der Waals surface area contributed by atoms with Crippen LogP contribution in [-0.2, 0) is 4.79 Å². The van der Waals surface area contributed by atoms with Crippen molar-refractivity contribution in [3.8, 4) is 17.6 Å². The minimum Gasteiger partial charge on any atom is -0.490 e. The Labute approximate surface area is 150 Å². The Bertz CT molecular complexity index is 822. The summed E-state index contributed by atoms with van der Waals surface area (Å²) in [7, 11) is 0. The summed E-state index contributed by atoms with van der Waals surface area (Å²) >= 11 is 5.87. The number of halogens is 1. The van der Waals surface area contributed by atoms with Crippen molar-refractivity contribution in [3.05, 3.63) is 58.6 Å². The number of hydrogen-bond donors (Lipinski definition) is 1. The number of carboxylic acid groups (broad SMARTS) is 1. The highest BCUT2D eigenvalue weighted by Crippen LogP contribution is 2.30. The van der Waals surface area contributed by atoms with Crippen molar-refractivity contribution in [1.29, 1.82) is 5.26 Å². The molecule has 1 N–H and O–H groups in total. The molecule has 0 aromatic heterocycles. The highest BCUT2D eigenvalue weighted by molar-refractivity contribution is 6.30. The van der Waals surface area contributed by atoms with Crippen LogP contribution in [0.15, 0.2) is 42.5 Å². The first-order valence-corrected chi connectivity index (χ1v) is 7.90. The lowest BCUT2D eigenvalue weighted by Gasteiger charge is -2.11. The number of carboxylic acids is 1. The number of ether oxygens (including phenoxy) is 2. The molecule has 0 atom stereocenters. The molecule has 0 saturated heterocycles. The number of allylic oxidation sites excluding steroid dienone is 1. The molecule has 25 heavy (non-hydrogen) atoms. The number of aliphatic carboxylic acids is 1. The summed E-state index contributed by atoms with van der Waals surface area (Å²) < 4.78 is 10.7. The van der Waals surface area contributed by atoms with Gasteiger partial charge < -0.3 is 14.6 Å². The van der Waals surface area contributed by atoms with E-state index in [1.807, 2.05) is 6.92 Å². The maximum atomic E-state index is 10.7. The Hall–Kier alpha value is -2.97. The van der Waals surface area contributed by atoms with Gasteiger partial charge in [-0.2, -0.15) is 5.26 Å². The highest BCUT2D eigenvalue weighted by atomic mass is 35.5. The van der Waals surface area contributed by atoms with Gasteiger partial charge in [-0.15, -0.1) is 0 Å². The van der Waals surface area contributed by atoms with Crippen LogP contribution in [0.3, 0.4) is 0 Å². The summed E-state index contributed by atoms with van der Waals surface area (Å²) in [4.78, 5) is 10.7. The molecule has 2 rings (SSSR count). The number of benzene rings is 2. The molecular formula is C19H16ClNO4. The standard InChI is InChI=1S/C19H16ClNO4/c1-2-24-18-10-13(3-8-17(18)25-12-19(22)23)9-15(11-21)14-4-6-16(20)7-5-14/h3-10H,2,12H2,1H3,(H,22,23)/b15-9+. The van der Waals surface area contributed by atoms with E-state index in [9.17, 15) is 10.1 Å². The summed E-state index contributed by atoms with van der Waals surface area (Å²) in [5, 5.41) is 18.7. The second-order valence-corrected chi connectivity index (χ2v) is 5.43. The lowest BCUT2D eigenvalue weighted by Crippen LogP contribution is -2.10. The average Bonchev–Trinajstić information content (AvgIpc) is 2.60. The second-order valence-electron chi connectivity index (χ2n) is 5.00. The van der Waals surface area contributed by atoms with E-state index in [0.29, 0.717) is 28.7 Å². The second kappa shape index (κ2) is 8.76. The van der Waals surface area contributed by atoms with Crippen LogP contribution < -0.4 is 9.47 Å². The predicted octanol–water partition coefficient (Wildman–Crippen LogP) is 4.27. The molecule has 128 valence electrons. The van der Waals surface area contributed by atoms with E-state index < -0.39 is 12.6 Å². The summed E-state index contributed by atoms with van der Waals surface area (Å²) in [6, 6.07) is 14.2. The fourth-order valence-electron chi connectivity index (χ4n) is 2.12. The molecule has 5 nitrogen and oxygen atoms in total. The van der Waals surface area contributed by atoms with Crippen LogP contribution in [0.5, 0.6) is 11.5 Å². The largest absolute Gasteiger partial charge is 0.490 e. The Morgan fingerprint density at radius 3 is 2.52 bits per heavy atom. The highest BCUT2D eigenvalue weighted by Gasteiger charge is 2.09. The SMILES string of the molecule is CCOc1cc(/C=C(\C#N)c2ccc(Cl)cc2)ccc1OCC(=O)O. The van der Waals surface area contributed by atoms with Crippen LogP contribution in [0, 0.1) is 11.3 Å². The topological polar surface area (TPSA) is 79.5 Å². The predicted molar refractivity (Wildman–Crippen MR) is 95.7 cm³/mol. The normalized spacial score (nSPS) is 10.8. The zero-order valence-corrected chi connectivity index (χ0v) is 14.3. The van der Waals surface area contributed by atoms with Crippen LogP contribution in [-0.4, -0.2) is 24.3 Å². The van der Waals surface area contributed by atoms with Crippen molar-refractivity contribution in [1.82, 2.24) is 0 Å². The van der Waals surface area contributed by atoms with E-state index in [2.05, 4.69) is 6.07 Å². The molecule has 0 radical (unpaired) electrons. The van der Waals surface area contributed by atoms with E-state index in [-0.39, 0.29) is 0 Å². The molecule has 0 aliphatic carbocycles. The minimum absolute atomic E-state index is 0.339. The third kappa shape index (κ3) is 5.27. The van der Waals surface area contributed by atoms with Gasteiger partial charge in [-0.25, -0.2) is 4.79 Å². The van der Waals surface area contributed by atoms with E-state index in [1.165, 1.54) is 0 Å². The Kier molecular flexibility index (Phi) is 6.44. The monoisotopic (exact) mass is 357 g/mol. The lowest BCUT2D eigenvalue weighted by molar-refractivity contribution is -0.139. The van der Waals surface area contributed by atoms with Gasteiger partial charge >= 0.3 is 5.97 Å². The summed E-state index contributed by atoms with van der Waals surface area (Å²) in [5.41, 5.74) is 1.95. The van der Waals surface area contributed by atoms with Crippen molar-refractivity contribution >= 4 is 29.2 Å². The molecule has 2 aromatic carbocycles. The number of hydrogen-bond acceptors (Lipinski definition) is 4. The first kappa shape index (κ1) is 18.4. The van der Waals surface area contributed by atoms with Crippen molar-refractivity contribution in [2.45, 2.75) is 6.92 Å². The summed E-state index contributed by atoms with van der Waals surface area (Å²) in [6.45, 7) is 1.76. The van der Waals surface area contributed by atoms with Gasteiger partial charge in [0.15, 0.2) is 18.1 Å². The van der Waals surface area contributed by atoms with E-state index in [4.69, 9.17) is 26.2 Å². The van der Waals surface area contributed by atoms with Crippen molar-refractivity contribution in [2.24, 2.45) is 0 Å². The van der Waals surface area contributed by atoms with Crippen LogP contribution >= 0.6 is 11.6 Å². The zero-order valence-electron chi connectivity index (χ0n) is 13.5. The molecule has 0 aliphatic rings. The third-order valence-corrected chi connectivity index (χ3v) is 3.46. The van der Waals surface area contributed by atoms with E-state index in [1.54, 1.807) is 48.5 Å². The maximum Gasteiger partial charge on any atom is 0.341 e. The van der Waals surface area contributed by atoms with Crippen LogP contribution in [0.1, 0.15) is 18.1 Å². The first-order valence-electron chi connectivity index (χ1n) is 7.52. The van der Waals surface area contributed by atoms with E-state index >= 15 is 0 Å². The maximum absolute atomic E-state index is 10.7. The molecule has 2 aromatic rings.